The molecule has 0 N–H and O–H groups in total. The van der Waals surface area contributed by atoms with Crippen LogP contribution in [-0.4, -0.2) is 37.2 Å². The lowest BCUT2D eigenvalue weighted by atomic mass is 10.0. The van der Waals surface area contributed by atoms with E-state index in [1.165, 1.54) is 122 Å². The van der Waals surface area contributed by atoms with Crippen LogP contribution in [0.1, 0.15) is 297 Å². The van der Waals surface area contributed by atoms with Crippen molar-refractivity contribution in [3.8, 4) is 0 Å². The second-order valence-electron chi connectivity index (χ2n) is 21.6. The van der Waals surface area contributed by atoms with Gasteiger partial charge in [0.05, 0.1) is 0 Å². The number of hydrogen-bond acceptors (Lipinski definition) is 6. The van der Waals surface area contributed by atoms with Crippen LogP contribution in [0.15, 0.2) is 134 Å². The van der Waals surface area contributed by atoms with Gasteiger partial charge in [-0.1, -0.05) is 276 Å². The van der Waals surface area contributed by atoms with Crippen LogP contribution in [-0.2, 0) is 28.6 Å². The third kappa shape index (κ3) is 64.4. The molecule has 0 fully saturated rings. The number of ether oxygens (including phenoxy) is 3. The highest BCUT2D eigenvalue weighted by Crippen LogP contribution is 2.16. The minimum atomic E-state index is -0.806. The molecule has 0 rings (SSSR count). The summed E-state index contributed by atoms with van der Waals surface area (Å²) >= 11 is 0. The van der Waals surface area contributed by atoms with Gasteiger partial charge in [0.25, 0.3) is 0 Å². The second kappa shape index (κ2) is 67.1. The molecule has 80 heavy (non-hydrogen) atoms. The molecule has 0 aromatic carbocycles. The normalized spacial score (nSPS) is 13.0. The third-order valence-electron chi connectivity index (χ3n) is 13.9. The van der Waals surface area contributed by atoms with E-state index in [1.807, 2.05) is 0 Å². The summed E-state index contributed by atoms with van der Waals surface area (Å²) in [6.45, 7) is 6.38. The number of hydrogen-bond donors (Lipinski definition) is 0. The maximum Gasteiger partial charge on any atom is 0.306 e. The van der Waals surface area contributed by atoms with Crippen molar-refractivity contribution in [2.24, 2.45) is 0 Å². The topological polar surface area (TPSA) is 78.9 Å². The van der Waals surface area contributed by atoms with Crippen LogP contribution in [0.25, 0.3) is 0 Å². The summed E-state index contributed by atoms with van der Waals surface area (Å²) in [4.78, 5) is 38.4. The molecule has 6 heteroatoms. The van der Waals surface area contributed by atoms with Gasteiger partial charge in [-0.05, 0) is 135 Å². The average molecular weight is 1110 g/mol. The van der Waals surface area contributed by atoms with Crippen molar-refractivity contribution in [2.75, 3.05) is 13.2 Å². The van der Waals surface area contributed by atoms with Crippen LogP contribution in [0.5, 0.6) is 0 Å². The molecule has 454 valence electrons. The van der Waals surface area contributed by atoms with E-state index in [1.54, 1.807) is 0 Å². The Morgan fingerprint density at radius 1 is 0.263 bits per heavy atom. The van der Waals surface area contributed by atoms with Crippen molar-refractivity contribution in [2.45, 2.75) is 303 Å². The highest BCUT2D eigenvalue weighted by Gasteiger charge is 2.19. The molecule has 0 aromatic heterocycles. The SMILES string of the molecule is CC/C=C\C/C=C\C/C=C\C/C=C\C/C=C\CCCCCC(=O)OC(COC(=O)CCCCCCCCC/C=C\C/C=C\CCCCCC)COC(=O)CCCCCCCCCCCCCC/C=C\C/C=C\C/C=C\C/C=C\CC. The summed E-state index contributed by atoms with van der Waals surface area (Å²) < 4.78 is 16.9. The molecule has 0 aromatic rings. The zero-order valence-electron chi connectivity index (χ0n) is 52.0. The number of allylic oxidation sites excluding steroid dienone is 22. The molecule has 6 nitrogen and oxygen atoms in total. The lowest BCUT2D eigenvalue weighted by molar-refractivity contribution is -0.167. The fraction of sp³-hybridized carbons (Fsp3) is 0.662. The first kappa shape index (κ1) is 75.5. The predicted molar refractivity (Wildman–Crippen MR) is 348 cm³/mol. The predicted octanol–water partition coefficient (Wildman–Crippen LogP) is 22.9. The molecule has 1 unspecified atom stereocenters. The Hall–Kier alpha value is -4.45. The summed E-state index contributed by atoms with van der Waals surface area (Å²) in [5.41, 5.74) is 0. The van der Waals surface area contributed by atoms with Crippen LogP contribution in [0, 0.1) is 0 Å². The van der Waals surface area contributed by atoms with Crippen molar-refractivity contribution in [1.82, 2.24) is 0 Å². The Bertz CT molecular complexity index is 1700. The van der Waals surface area contributed by atoms with Crippen LogP contribution in [0.3, 0.4) is 0 Å². The Morgan fingerprint density at radius 2 is 0.487 bits per heavy atom. The zero-order valence-corrected chi connectivity index (χ0v) is 52.0. The van der Waals surface area contributed by atoms with Crippen LogP contribution >= 0.6 is 0 Å². The molecule has 0 bridgehead atoms. The van der Waals surface area contributed by atoms with Crippen molar-refractivity contribution in [3.05, 3.63) is 134 Å². The monoisotopic (exact) mass is 1110 g/mol. The molecule has 0 amide bonds. The number of carbonyl (C=O) groups excluding carboxylic acids is 3. The highest BCUT2D eigenvalue weighted by molar-refractivity contribution is 5.71. The number of esters is 3. The molecular weight excluding hydrogens is 985 g/mol. The Morgan fingerprint density at radius 3 is 0.775 bits per heavy atom. The van der Waals surface area contributed by atoms with E-state index in [-0.39, 0.29) is 37.5 Å². The van der Waals surface area contributed by atoms with Crippen molar-refractivity contribution < 1.29 is 28.6 Å². The average Bonchev–Trinajstić information content (AvgIpc) is 3.46. The van der Waals surface area contributed by atoms with E-state index in [0.717, 1.165) is 135 Å². The van der Waals surface area contributed by atoms with E-state index in [2.05, 4.69) is 154 Å². The smallest absolute Gasteiger partial charge is 0.306 e. The molecule has 0 heterocycles. The maximum absolute atomic E-state index is 12.9. The Labute approximate surface area is 494 Å². The van der Waals surface area contributed by atoms with Gasteiger partial charge in [0.2, 0.25) is 0 Å². The molecule has 1 atom stereocenters. The number of carbonyl (C=O) groups is 3. The van der Waals surface area contributed by atoms with E-state index < -0.39 is 6.10 Å². The first-order chi connectivity index (χ1) is 39.5. The van der Waals surface area contributed by atoms with E-state index in [0.29, 0.717) is 12.8 Å². The molecular formula is C74H122O6. The molecule has 0 saturated carbocycles. The number of rotatable bonds is 59. The summed E-state index contributed by atoms with van der Waals surface area (Å²) in [5.74, 6) is -0.935. The van der Waals surface area contributed by atoms with Gasteiger partial charge in [-0.15, -0.1) is 0 Å². The lowest BCUT2D eigenvalue weighted by Crippen LogP contribution is -2.30. The van der Waals surface area contributed by atoms with Gasteiger partial charge in [0.15, 0.2) is 6.10 Å². The number of unbranched alkanes of at least 4 members (excludes halogenated alkanes) is 26. The molecule has 0 aliphatic heterocycles. The maximum atomic E-state index is 12.9. The van der Waals surface area contributed by atoms with E-state index in [4.69, 9.17) is 14.2 Å². The second-order valence-corrected chi connectivity index (χ2v) is 21.6. The zero-order chi connectivity index (χ0) is 57.8. The summed E-state index contributed by atoms with van der Waals surface area (Å²) in [7, 11) is 0. The fourth-order valence-electron chi connectivity index (χ4n) is 8.96. The standard InChI is InChI=1S/C74H122O6/c1-4-7-10-13-16-19-22-25-28-31-34-35-36-37-38-39-41-43-46-49-52-55-58-61-64-67-73(76)79-70-71(69-78-72(75)66-63-60-57-54-51-48-45-42-33-30-27-24-21-18-15-12-9-6-3)80-74(77)68-65-62-59-56-53-50-47-44-40-32-29-26-23-20-17-14-11-8-5-2/h7-8,10-11,16-17,19-21,24-26,28-30,33-35,40,44,50,53,71H,4-6,9,12-15,18,22-23,27,31-32,36-39,41-43,45-49,51-52,54-70H2,1-3H3/b10-7-,11-8-,19-16-,20-17-,24-21-,28-25-,29-26-,33-30-,35-34-,44-40-,53-50-. The summed E-state index contributed by atoms with van der Waals surface area (Å²) in [6.07, 6.45) is 94.5. The lowest BCUT2D eigenvalue weighted by Gasteiger charge is -2.18. The van der Waals surface area contributed by atoms with Gasteiger partial charge in [-0.3, -0.25) is 14.4 Å². The van der Waals surface area contributed by atoms with Gasteiger partial charge in [-0.2, -0.15) is 0 Å². The molecule has 0 aliphatic carbocycles. The fourth-order valence-corrected chi connectivity index (χ4v) is 8.96. The molecule has 0 spiro atoms. The van der Waals surface area contributed by atoms with Gasteiger partial charge in [0, 0.05) is 19.3 Å². The molecule has 0 aliphatic rings. The molecule has 0 radical (unpaired) electrons. The third-order valence-corrected chi connectivity index (χ3v) is 13.9. The minimum Gasteiger partial charge on any atom is -0.462 e. The van der Waals surface area contributed by atoms with Gasteiger partial charge >= 0.3 is 17.9 Å². The van der Waals surface area contributed by atoms with Crippen LogP contribution in [0.4, 0.5) is 0 Å². The van der Waals surface area contributed by atoms with Crippen LogP contribution < -0.4 is 0 Å². The Kier molecular flexibility index (Phi) is 63.3. The van der Waals surface area contributed by atoms with Crippen molar-refractivity contribution >= 4 is 17.9 Å². The summed E-state index contributed by atoms with van der Waals surface area (Å²) in [6, 6.07) is 0. The molecule has 0 saturated heterocycles. The first-order valence-electron chi connectivity index (χ1n) is 33.2. The largest absolute Gasteiger partial charge is 0.462 e. The van der Waals surface area contributed by atoms with Gasteiger partial charge in [0.1, 0.15) is 13.2 Å². The minimum absolute atomic E-state index is 0.0980. The van der Waals surface area contributed by atoms with Gasteiger partial charge < -0.3 is 14.2 Å². The summed E-state index contributed by atoms with van der Waals surface area (Å²) in [5, 5.41) is 0. The quantitative estimate of drug-likeness (QED) is 0.0261. The van der Waals surface area contributed by atoms with Gasteiger partial charge in [-0.25, -0.2) is 0 Å². The van der Waals surface area contributed by atoms with E-state index in [9.17, 15) is 14.4 Å². The van der Waals surface area contributed by atoms with E-state index >= 15 is 0 Å². The highest BCUT2D eigenvalue weighted by atomic mass is 16.6. The van der Waals surface area contributed by atoms with Crippen molar-refractivity contribution in [3.63, 3.8) is 0 Å². The van der Waals surface area contributed by atoms with Crippen LogP contribution in [0.2, 0.25) is 0 Å². The first-order valence-corrected chi connectivity index (χ1v) is 33.2. The van der Waals surface area contributed by atoms with Crippen molar-refractivity contribution in [1.29, 1.82) is 0 Å². The Balaban J connectivity index is 4.43.